The van der Waals surface area contributed by atoms with Crippen molar-refractivity contribution in [3.05, 3.63) is 24.0 Å². The summed E-state index contributed by atoms with van der Waals surface area (Å²) in [5.74, 6) is 0.810. The molecule has 4 nitrogen and oxygen atoms in total. The van der Waals surface area contributed by atoms with Gasteiger partial charge >= 0.3 is 0 Å². The fourth-order valence-corrected chi connectivity index (χ4v) is 2.29. The summed E-state index contributed by atoms with van der Waals surface area (Å²) in [6, 6.07) is 1.79. The SMILES string of the molecule is CCN(CC1CCC1)C(=O)c1ccncc1NC. The van der Waals surface area contributed by atoms with Crippen molar-refractivity contribution in [3.63, 3.8) is 0 Å². The summed E-state index contributed by atoms with van der Waals surface area (Å²) < 4.78 is 0. The molecule has 1 aromatic heterocycles. The molecule has 1 aromatic rings. The summed E-state index contributed by atoms with van der Waals surface area (Å²) in [6.07, 6.45) is 7.21. The second kappa shape index (κ2) is 5.85. The Balaban J connectivity index is 2.11. The van der Waals surface area contributed by atoms with Crippen LogP contribution < -0.4 is 5.32 Å². The van der Waals surface area contributed by atoms with E-state index in [0.717, 1.165) is 18.8 Å². The summed E-state index contributed by atoms with van der Waals surface area (Å²) in [5.41, 5.74) is 1.52. The van der Waals surface area contributed by atoms with Crippen molar-refractivity contribution in [1.82, 2.24) is 9.88 Å². The molecule has 1 saturated carbocycles. The van der Waals surface area contributed by atoms with Gasteiger partial charge in [-0.1, -0.05) is 6.42 Å². The molecule has 1 fully saturated rings. The molecule has 0 atom stereocenters. The number of anilines is 1. The number of rotatable bonds is 5. The topological polar surface area (TPSA) is 45.2 Å². The van der Waals surface area contributed by atoms with Crippen LogP contribution in [0.2, 0.25) is 0 Å². The van der Waals surface area contributed by atoms with Crippen molar-refractivity contribution in [3.8, 4) is 0 Å². The largest absolute Gasteiger partial charge is 0.386 e. The van der Waals surface area contributed by atoms with Crippen molar-refractivity contribution in [2.24, 2.45) is 5.92 Å². The molecule has 1 aliphatic carbocycles. The Labute approximate surface area is 108 Å². The van der Waals surface area contributed by atoms with E-state index in [1.165, 1.54) is 19.3 Å². The van der Waals surface area contributed by atoms with Crippen LogP contribution in [0.3, 0.4) is 0 Å². The van der Waals surface area contributed by atoms with E-state index < -0.39 is 0 Å². The van der Waals surface area contributed by atoms with E-state index in [1.807, 2.05) is 18.9 Å². The number of nitrogens with zero attached hydrogens (tertiary/aromatic N) is 2. The Morgan fingerprint density at radius 1 is 1.56 bits per heavy atom. The molecule has 0 radical (unpaired) electrons. The minimum atomic E-state index is 0.108. The van der Waals surface area contributed by atoms with E-state index in [9.17, 15) is 4.79 Å². The third kappa shape index (κ3) is 2.63. The molecule has 1 N–H and O–H groups in total. The maximum Gasteiger partial charge on any atom is 0.256 e. The summed E-state index contributed by atoms with van der Waals surface area (Å²) >= 11 is 0. The molecule has 2 rings (SSSR count). The van der Waals surface area contributed by atoms with Crippen LogP contribution in [-0.4, -0.2) is 35.9 Å². The van der Waals surface area contributed by atoms with Crippen molar-refractivity contribution >= 4 is 11.6 Å². The third-order valence-electron chi connectivity index (χ3n) is 3.69. The highest BCUT2D eigenvalue weighted by atomic mass is 16.2. The van der Waals surface area contributed by atoms with E-state index in [1.54, 1.807) is 18.5 Å². The highest BCUT2D eigenvalue weighted by Gasteiger charge is 2.24. The number of carbonyl (C=O) groups excluding carboxylic acids is 1. The van der Waals surface area contributed by atoms with Gasteiger partial charge in [0.2, 0.25) is 0 Å². The first-order valence-electron chi connectivity index (χ1n) is 6.67. The van der Waals surface area contributed by atoms with Crippen LogP contribution in [0.4, 0.5) is 5.69 Å². The van der Waals surface area contributed by atoms with Gasteiger partial charge in [-0.3, -0.25) is 9.78 Å². The lowest BCUT2D eigenvalue weighted by Gasteiger charge is -2.32. The number of hydrogen-bond donors (Lipinski definition) is 1. The predicted octanol–water partition coefficient (Wildman–Crippen LogP) is 2.39. The molecular weight excluding hydrogens is 226 g/mol. The molecule has 1 aliphatic rings. The van der Waals surface area contributed by atoms with Gasteiger partial charge in [0.25, 0.3) is 5.91 Å². The maximum atomic E-state index is 12.5. The molecule has 1 amide bonds. The Bertz CT molecular complexity index is 415. The van der Waals surface area contributed by atoms with E-state index in [0.29, 0.717) is 11.5 Å². The van der Waals surface area contributed by atoms with Gasteiger partial charge in [0.1, 0.15) is 0 Å². The molecule has 0 aromatic carbocycles. The zero-order valence-corrected chi connectivity index (χ0v) is 11.1. The maximum absolute atomic E-state index is 12.5. The van der Waals surface area contributed by atoms with E-state index in [2.05, 4.69) is 10.3 Å². The number of pyridine rings is 1. The third-order valence-corrected chi connectivity index (χ3v) is 3.69. The molecule has 0 saturated heterocycles. The zero-order valence-electron chi connectivity index (χ0n) is 11.1. The molecular formula is C14H21N3O. The summed E-state index contributed by atoms with van der Waals surface area (Å²) in [7, 11) is 1.82. The van der Waals surface area contributed by atoms with Gasteiger partial charge in [0, 0.05) is 26.3 Å². The highest BCUT2D eigenvalue weighted by molar-refractivity contribution is 5.99. The minimum Gasteiger partial charge on any atom is -0.386 e. The Hall–Kier alpha value is -1.58. The van der Waals surface area contributed by atoms with Gasteiger partial charge in [-0.05, 0) is 31.7 Å². The number of aromatic nitrogens is 1. The average Bonchev–Trinajstić information content (AvgIpc) is 2.37. The number of carbonyl (C=O) groups is 1. The van der Waals surface area contributed by atoms with Gasteiger partial charge in [0.15, 0.2) is 0 Å². The Morgan fingerprint density at radius 2 is 2.33 bits per heavy atom. The average molecular weight is 247 g/mol. The quantitative estimate of drug-likeness (QED) is 0.869. The van der Waals surface area contributed by atoms with Crippen LogP contribution in [0, 0.1) is 5.92 Å². The first kappa shape index (κ1) is 12.9. The summed E-state index contributed by atoms with van der Waals surface area (Å²) in [4.78, 5) is 18.5. The van der Waals surface area contributed by atoms with Gasteiger partial charge < -0.3 is 10.2 Å². The molecule has 4 heteroatoms. The van der Waals surface area contributed by atoms with Gasteiger partial charge in [-0.25, -0.2) is 0 Å². The number of hydrogen-bond acceptors (Lipinski definition) is 3. The standard InChI is InChI=1S/C14H21N3O/c1-3-17(10-11-5-4-6-11)14(18)12-7-8-16-9-13(12)15-2/h7-9,11,15H,3-6,10H2,1-2H3. The second-order valence-electron chi connectivity index (χ2n) is 4.81. The summed E-state index contributed by atoms with van der Waals surface area (Å²) in [6.45, 7) is 3.69. The van der Waals surface area contributed by atoms with Crippen LogP contribution in [0.1, 0.15) is 36.5 Å². The monoisotopic (exact) mass is 247 g/mol. The highest BCUT2D eigenvalue weighted by Crippen LogP contribution is 2.28. The first-order chi connectivity index (χ1) is 8.76. The van der Waals surface area contributed by atoms with E-state index >= 15 is 0 Å². The van der Waals surface area contributed by atoms with E-state index in [-0.39, 0.29) is 5.91 Å². The fourth-order valence-electron chi connectivity index (χ4n) is 2.29. The Morgan fingerprint density at radius 3 is 2.89 bits per heavy atom. The molecule has 0 unspecified atom stereocenters. The lowest BCUT2D eigenvalue weighted by Crippen LogP contribution is -2.37. The molecule has 98 valence electrons. The Kier molecular flexibility index (Phi) is 4.18. The minimum absolute atomic E-state index is 0.108. The van der Waals surface area contributed by atoms with Crippen molar-refractivity contribution in [2.45, 2.75) is 26.2 Å². The molecule has 0 spiro atoms. The van der Waals surface area contributed by atoms with Crippen LogP contribution in [0.5, 0.6) is 0 Å². The number of nitrogens with one attached hydrogen (secondary N) is 1. The van der Waals surface area contributed by atoms with Crippen LogP contribution >= 0.6 is 0 Å². The van der Waals surface area contributed by atoms with E-state index in [4.69, 9.17) is 0 Å². The predicted molar refractivity (Wildman–Crippen MR) is 72.7 cm³/mol. The second-order valence-corrected chi connectivity index (χ2v) is 4.81. The molecule has 0 aliphatic heterocycles. The number of amides is 1. The zero-order chi connectivity index (χ0) is 13.0. The van der Waals surface area contributed by atoms with Crippen molar-refractivity contribution in [2.75, 3.05) is 25.5 Å². The molecule has 18 heavy (non-hydrogen) atoms. The first-order valence-corrected chi connectivity index (χ1v) is 6.67. The van der Waals surface area contributed by atoms with Crippen LogP contribution in [0.15, 0.2) is 18.5 Å². The van der Waals surface area contributed by atoms with Crippen LogP contribution in [0.25, 0.3) is 0 Å². The van der Waals surface area contributed by atoms with Gasteiger partial charge in [-0.15, -0.1) is 0 Å². The van der Waals surface area contributed by atoms with Crippen molar-refractivity contribution in [1.29, 1.82) is 0 Å². The smallest absolute Gasteiger partial charge is 0.256 e. The lowest BCUT2D eigenvalue weighted by atomic mass is 9.85. The molecule has 1 heterocycles. The fraction of sp³-hybridized carbons (Fsp3) is 0.571. The van der Waals surface area contributed by atoms with Gasteiger partial charge in [0.05, 0.1) is 17.4 Å². The normalized spacial score (nSPS) is 15.0. The lowest BCUT2D eigenvalue weighted by molar-refractivity contribution is 0.0707. The summed E-state index contributed by atoms with van der Waals surface area (Å²) in [5, 5.41) is 3.03. The van der Waals surface area contributed by atoms with Crippen molar-refractivity contribution < 1.29 is 4.79 Å². The van der Waals surface area contributed by atoms with Crippen LogP contribution in [-0.2, 0) is 0 Å². The van der Waals surface area contributed by atoms with Gasteiger partial charge in [-0.2, -0.15) is 0 Å². The molecule has 0 bridgehead atoms.